The molecule has 0 aliphatic carbocycles. The fraction of sp³-hybridized carbons (Fsp3) is 0.714. The van der Waals surface area contributed by atoms with Crippen LogP contribution in [0.15, 0.2) is 0 Å². The lowest BCUT2D eigenvalue weighted by Crippen LogP contribution is -2.55. The molecule has 3 amide bonds. The molecular weight excluding hydrogens is 350 g/mol. The average Bonchev–Trinajstić information content (AvgIpc) is 2.55. The first kappa shape index (κ1) is 23.1. The summed E-state index contributed by atoms with van der Waals surface area (Å²) in [6.07, 6.45) is 1.54. The first-order valence-corrected chi connectivity index (χ1v) is 8.54. The van der Waals surface area contributed by atoms with Gasteiger partial charge in [0.15, 0.2) is 0 Å². The number of nitrogens with two attached hydrogens (primary N) is 3. The molecule has 0 aromatic carbocycles. The number of unbranched alkanes of at least 4 members (excludes halogenated alkanes) is 1. The minimum atomic E-state index is -1.26. The van der Waals surface area contributed by atoms with Gasteiger partial charge in [-0.05, 0) is 25.8 Å². The van der Waals surface area contributed by atoms with Crippen LogP contribution < -0.4 is 27.8 Å². The number of hydrogen-bond acceptors (Lipinski definition) is 7. The molecule has 0 radical (unpaired) electrons. The van der Waals surface area contributed by atoms with Crippen molar-refractivity contribution in [2.75, 3.05) is 12.3 Å². The molecule has 0 fully saturated rings. The molecule has 0 saturated carbocycles. The van der Waals surface area contributed by atoms with Crippen LogP contribution in [0.5, 0.6) is 0 Å². The third-order valence-electron chi connectivity index (χ3n) is 3.42. The average molecular weight is 377 g/mol. The van der Waals surface area contributed by atoms with E-state index in [0.717, 1.165) is 6.42 Å². The zero-order chi connectivity index (χ0) is 19.4. The summed E-state index contributed by atoms with van der Waals surface area (Å²) in [5.41, 5.74) is 16.2. The summed E-state index contributed by atoms with van der Waals surface area (Å²) in [5, 5.41) is 13.6. The highest BCUT2D eigenvalue weighted by Gasteiger charge is 2.27. The third kappa shape index (κ3) is 9.89. The molecule has 0 saturated heterocycles. The normalized spacial score (nSPS) is 14.2. The lowest BCUT2D eigenvalue weighted by molar-refractivity contribution is -0.141. The molecule has 10 nitrogen and oxygen atoms in total. The Balaban J connectivity index is 4.85. The number of amides is 3. The lowest BCUT2D eigenvalue weighted by atomic mass is 10.1. The Morgan fingerprint density at radius 1 is 1.00 bits per heavy atom. The quantitative estimate of drug-likeness (QED) is 0.138. The predicted octanol–water partition coefficient (Wildman–Crippen LogP) is -2.31. The SMILES string of the molecule is NCCCC[C@H](N)C(=O)N[C@@H](CCC(N)=O)C(=O)N[C@@H](CS)C(=O)O. The van der Waals surface area contributed by atoms with Crippen LogP contribution in [0, 0.1) is 0 Å². The Morgan fingerprint density at radius 3 is 2.08 bits per heavy atom. The predicted molar refractivity (Wildman–Crippen MR) is 94.7 cm³/mol. The number of rotatable bonds is 13. The Bertz CT molecular complexity index is 477. The Hall–Kier alpha value is -1.85. The molecule has 0 aliphatic rings. The van der Waals surface area contributed by atoms with Crippen molar-refractivity contribution in [2.24, 2.45) is 17.2 Å². The maximum absolute atomic E-state index is 12.2. The number of hydrogen-bond donors (Lipinski definition) is 7. The first-order valence-electron chi connectivity index (χ1n) is 7.91. The van der Waals surface area contributed by atoms with Gasteiger partial charge in [-0.15, -0.1) is 0 Å². The summed E-state index contributed by atoms with van der Waals surface area (Å²) in [7, 11) is 0. The summed E-state index contributed by atoms with van der Waals surface area (Å²) in [6.45, 7) is 0.484. The molecule has 0 aromatic heterocycles. The number of aliphatic carboxylic acids is 1. The van der Waals surface area contributed by atoms with E-state index in [1.807, 2.05) is 0 Å². The number of carbonyl (C=O) groups is 4. The highest BCUT2D eigenvalue weighted by molar-refractivity contribution is 7.80. The summed E-state index contributed by atoms with van der Waals surface area (Å²) < 4.78 is 0. The van der Waals surface area contributed by atoms with Gasteiger partial charge >= 0.3 is 5.97 Å². The van der Waals surface area contributed by atoms with E-state index in [4.69, 9.17) is 22.3 Å². The topological polar surface area (TPSA) is 191 Å². The number of nitrogens with one attached hydrogen (secondary N) is 2. The molecule has 0 unspecified atom stereocenters. The van der Waals surface area contributed by atoms with Crippen LogP contribution in [0.2, 0.25) is 0 Å². The molecule has 0 aliphatic heterocycles. The zero-order valence-electron chi connectivity index (χ0n) is 13.9. The molecule has 144 valence electrons. The van der Waals surface area contributed by atoms with E-state index in [1.165, 1.54) is 0 Å². The van der Waals surface area contributed by atoms with Gasteiger partial charge in [0, 0.05) is 12.2 Å². The number of carboxylic acids is 1. The van der Waals surface area contributed by atoms with Crippen molar-refractivity contribution in [3.63, 3.8) is 0 Å². The zero-order valence-corrected chi connectivity index (χ0v) is 14.8. The summed E-state index contributed by atoms with van der Waals surface area (Å²) in [6, 6.07) is -3.18. The smallest absolute Gasteiger partial charge is 0.327 e. The molecule has 0 rings (SSSR count). The molecule has 25 heavy (non-hydrogen) atoms. The third-order valence-corrected chi connectivity index (χ3v) is 3.78. The van der Waals surface area contributed by atoms with Crippen LogP contribution in [0.4, 0.5) is 0 Å². The molecule has 3 atom stereocenters. The number of thiol groups is 1. The van der Waals surface area contributed by atoms with Gasteiger partial charge in [-0.2, -0.15) is 12.6 Å². The van der Waals surface area contributed by atoms with Crippen molar-refractivity contribution in [2.45, 2.75) is 50.2 Å². The summed E-state index contributed by atoms with van der Waals surface area (Å²) >= 11 is 3.85. The molecule has 11 heteroatoms. The van der Waals surface area contributed by atoms with Crippen LogP contribution in [0.25, 0.3) is 0 Å². The van der Waals surface area contributed by atoms with Gasteiger partial charge in [-0.3, -0.25) is 14.4 Å². The van der Waals surface area contributed by atoms with E-state index >= 15 is 0 Å². The number of carboxylic acid groups (broad SMARTS) is 1. The molecule has 0 heterocycles. The van der Waals surface area contributed by atoms with E-state index < -0.39 is 41.8 Å². The second kappa shape index (κ2) is 12.5. The fourth-order valence-corrected chi connectivity index (χ4v) is 2.18. The minimum absolute atomic E-state index is 0.0681. The van der Waals surface area contributed by atoms with E-state index in [0.29, 0.717) is 19.4 Å². The highest BCUT2D eigenvalue weighted by Crippen LogP contribution is 2.03. The Kier molecular flexibility index (Phi) is 11.6. The van der Waals surface area contributed by atoms with Crippen LogP contribution >= 0.6 is 12.6 Å². The molecule has 0 spiro atoms. The summed E-state index contributed by atoms with van der Waals surface area (Å²) in [5.74, 6) is -3.36. The van der Waals surface area contributed by atoms with E-state index in [-0.39, 0.29) is 18.6 Å². The van der Waals surface area contributed by atoms with Gasteiger partial charge in [0.1, 0.15) is 12.1 Å². The van der Waals surface area contributed by atoms with Crippen molar-refractivity contribution in [1.29, 1.82) is 0 Å². The van der Waals surface area contributed by atoms with Gasteiger partial charge in [0.2, 0.25) is 17.7 Å². The monoisotopic (exact) mass is 377 g/mol. The second-order valence-electron chi connectivity index (χ2n) is 5.54. The second-order valence-corrected chi connectivity index (χ2v) is 5.90. The van der Waals surface area contributed by atoms with Gasteiger partial charge < -0.3 is 32.9 Å². The lowest BCUT2D eigenvalue weighted by Gasteiger charge is -2.22. The molecule has 0 bridgehead atoms. The van der Waals surface area contributed by atoms with Crippen molar-refractivity contribution < 1.29 is 24.3 Å². The number of primary amides is 1. The fourth-order valence-electron chi connectivity index (χ4n) is 1.93. The number of carbonyl (C=O) groups excluding carboxylic acids is 3. The van der Waals surface area contributed by atoms with Gasteiger partial charge in [-0.25, -0.2) is 4.79 Å². The van der Waals surface area contributed by atoms with Crippen molar-refractivity contribution in [3.05, 3.63) is 0 Å². The Labute approximate surface area is 151 Å². The van der Waals surface area contributed by atoms with E-state index in [9.17, 15) is 19.2 Å². The highest BCUT2D eigenvalue weighted by atomic mass is 32.1. The molecular formula is C14H27N5O5S. The van der Waals surface area contributed by atoms with Crippen LogP contribution in [-0.2, 0) is 19.2 Å². The molecule has 0 aromatic rings. The maximum Gasteiger partial charge on any atom is 0.327 e. The van der Waals surface area contributed by atoms with Crippen LogP contribution in [-0.4, -0.2) is 59.2 Å². The van der Waals surface area contributed by atoms with Crippen LogP contribution in [0.3, 0.4) is 0 Å². The Morgan fingerprint density at radius 2 is 1.60 bits per heavy atom. The maximum atomic E-state index is 12.2. The minimum Gasteiger partial charge on any atom is -0.480 e. The van der Waals surface area contributed by atoms with Crippen molar-refractivity contribution in [3.8, 4) is 0 Å². The first-order chi connectivity index (χ1) is 11.7. The van der Waals surface area contributed by atoms with E-state index in [2.05, 4.69) is 23.3 Å². The summed E-state index contributed by atoms with van der Waals surface area (Å²) in [4.78, 5) is 46.2. The largest absolute Gasteiger partial charge is 0.480 e. The van der Waals surface area contributed by atoms with Gasteiger partial charge in [0.05, 0.1) is 6.04 Å². The van der Waals surface area contributed by atoms with Crippen molar-refractivity contribution >= 4 is 36.3 Å². The van der Waals surface area contributed by atoms with Gasteiger partial charge in [-0.1, -0.05) is 6.42 Å². The van der Waals surface area contributed by atoms with Crippen LogP contribution in [0.1, 0.15) is 32.1 Å². The van der Waals surface area contributed by atoms with Crippen molar-refractivity contribution in [1.82, 2.24) is 10.6 Å². The van der Waals surface area contributed by atoms with E-state index in [1.54, 1.807) is 0 Å². The van der Waals surface area contributed by atoms with Gasteiger partial charge in [0.25, 0.3) is 0 Å². The molecule has 9 N–H and O–H groups in total. The standard InChI is InChI=1S/C14H27N5O5S/c15-6-2-1-3-8(16)12(21)18-9(4-5-11(17)20)13(22)19-10(7-25)14(23)24/h8-10,25H,1-7,15-16H2,(H2,17,20)(H,18,21)(H,19,22)(H,23,24)/t8-,9-,10-/m0/s1.